The van der Waals surface area contributed by atoms with E-state index in [1.807, 2.05) is 0 Å². The Bertz CT molecular complexity index is 367. The summed E-state index contributed by atoms with van der Waals surface area (Å²) in [7, 11) is 2.26. The molecule has 0 aliphatic heterocycles. The lowest BCUT2D eigenvalue weighted by atomic mass is 9.85. The predicted molar refractivity (Wildman–Crippen MR) is 82.4 cm³/mol. The average molecular weight is 260 g/mol. The molecule has 0 amide bonds. The number of benzene rings is 1. The zero-order chi connectivity index (χ0) is 13.7. The molecule has 1 aliphatic rings. The third-order valence-corrected chi connectivity index (χ3v) is 4.22. The van der Waals surface area contributed by atoms with Gasteiger partial charge in [-0.15, -0.1) is 0 Å². The van der Waals surface area contributed by atoms with Crippen LogP contribution in [0.3, 0.4) is 0 Å². The van der Waals surface area contributed by atoms with E-state index in [0.29, 0.717) is 6.04 Å². The molecule has 1 aliphatic carbocycles. The molecule has 1 aromatic rings. The maximum Gasteiger partial charge on any atom is 0.0449 e. The predicted octanol–water partition coefficient (Wildman–Crippen LogP) is 3.38. The first kappa shape index (κ1) is 14.5. The molecule has 106 valence electrons. The Labute approximate surface area is 118 Å². The standard InChI is InChI=1S/C17H28N2/c1-4-18-17(16-10-8-14(2)9-11-16)13-19(3)12-15-6-5-7-15/h8-11,15,17-18H,4-7,12-13H2,1-3H3. The van der Waals surface area contributed by atoms with Crippen LogP contribution >= 0.6 is 0 Å². The summed E-state index contributed by atoms with van der Waals surface area (Å²) < 4.78 is 0. The molecule has 19 heavy (non-hydrogen) atoms. The van der Waals surface area contributed by atoms with E-state index in [0.717, 1.165) is 19.0 Å². The second-order valence-corrected chi connectivity index (χ2v) is 6.04. The molecule has 0 radical (unpaired) electrons. The Morgan fingerprint density at radius 1 is 1.26 bits per heavy atom. The molecule has 0 spiro atoms. The molecule has 1 saturated carbocycles. The van der Waals surface area contributed by atoms with Crippen LogP contribution in [0.25, 0.3) is 0 Å². The van der Waals surface area contributed by atoms with Crippen LogP contribution in [0.4, 0.5) is 0 Å². The normalized spacial score (nSPS) is 17.5. The van der Waals surface area contributed by atoms with Crippen molar-refractivity contribution < 1.29 is 0 Å². The van der Waals surface area contributed by atoms with Crippen LogP contribution in [-0.4, -0.2) is 31.6 Å². The highest BCUT2D eigenvalue weighted by Crippen LogP contribution is 2.27. The van der Waals surface area contributed by atoms with Gasteiger partial charge in [0.1, 0.15) is 0 Å². The van der Waals surface area contributed by atoms with Gasteiger partial charge in [-0.05, 0) is 44.8 Å². The van der Waals surface area contributed by atoms with Crippen molar-refractivity contribution >= 4 is 0 Å². The average Bonchev–Trinajstić information content (AvgIpc) is 2.34. The Balaban J connectivity index is 1.92. The van der Waals surface area contributed by atoms with Gasteiger partial charge in [-0.2, -0.15) is 0 Å². The van der Waals surface area contributed by atoms with Crippen LogP contribution in [0.5, 0.6) is 0 Å². The lowest BCUT2D eigenvalue weighted by Gasteiger charge is -2.32. The smallest absolute Gasteiger partial charge is 0.0449 e. The van der Waals surface area contributed by atoms with Crippen LogP contribution in [0.2, 0.25) is 0 Å². The summed E-state index contributed by atoms with van der Waals surface area (Å²) in [6.45, 7) is 7.72. The fraction of sp³-hybridized carbons (Fsp3) is 0.647. The van der Waals surface area contributed by atoms with Gasteiger partial charge in [0.05, 0.1) is 0 Å². The number of likely N-dealkylation sites (N-methyl/N-ethyl adjacent to an activating group) is 2. The van der Waals surface area contributed by atoms with Crippen molar-refractivity contribution in [3.05, 3.63) is 35.4 Å². The molecular weight excluding hydrogens is 232 g/mol. The molecule has 2 heteroatoms. The summed E-state index contributed by atoms with van der Waals surface area (Å²) in [5.41, 5.74) is 2.75. The van der Waals surface area contributed by atoms with Crippen LogP contribution in [-0.2, 0) is 0 Å². The van der Waals surface area contributed by atoms with Crippen molar-refractivity contribution in [2.24, 2.45) is 5.92 Å². The lowest BCUT2D eigenvalue weighted by Crippen LogP contribution is -2.37. The SMILES string of the molecule is CCNC(CN(C)CC1CCC1)c1ccc(C)cc1. The molecule has 0 bridgehead atoms. The van der Waals surface area contributed by atoms with Crippen molar-refractivity contribution in [1.82, 2.24) is 10.2 Å². The van der Waals surface area contributed by atoms with Crippen LogP contribution in [0.15, 0.2) is 24.3 Å². The van der Waals surface area contributed by atoms with E-state index in [4.69, 9.17) is 0 Å². The first-order valence-corrected chi connectivity index (χ1v) is 7.67. The quantitative estimate of drug-likeness (QED) is 0.808. The number of nitrogens with one attached hydrogen (secondary N) is 1. The van der Waals surface area contributed by atoms with Gasteiger partial charge in [0.15, 0.2) is 0 Å². The minimum absolute atomic E-state index is 0.454. The van der Waals surface area contributed by atoms with Gasteiger partial charge in [-0.3, -0.25) is 0 Å². The van der Waals surface area contributed by atoms with Crippen molar-refractivity contribution in [2.75, 3.05) is 26.7 Å². The molecular formula is C17H28N2. The zero-order valence-corrected chi connectivity index (χ0v) is 12.7. The molecule has 0 aromatic heterocycles. The Hall–Kier alpha value is -0.860. The summed E-state index contributed by atoms with van der Waals surface area (Å²) in [6.07, 6.45) is 4.30. The Morgan fingerprint density at radius 3 is 2.47 bits per heavy atom. The fourth-order valence-corrected chi connectivity index (χ4v) is 2.84. The number of rotatable bonds is 7. The van der Waals surface area contributed by atoms with Gasteiger partial charge in [0, 0.05) is 19.1 Å². The number of hydrogen-bond donors (Lipinski definition) is 1. The summed E-state index contributed by atoms with van der Waals surface area (Å²) >= 11 is 0. The highest BCUT2D eigenvalue weighted by atomic mass is 15.1. The molecule has 1 atom stereocenters. The maximum absolute atomic E-state index is 3.62. The molecule has 0 heterocycles. The highest BCUT2D eigenvalue weighted by molar-refractivity contribution is 5.24. The summed E-state index contributed by atoms with van der Waals surface area (Å²) in [6, 6.07) is 9.41. The molecule has 2 rings (SSSR count). The minimum atomic E-state index is 0.454. The van der Waals surface area contributed by atoms with E-state index < -0.39 is 0 Å². The molecule has 1 fully saturated rings. The van der Waals surface area contributed by atoms with Gasteiger partial charge in [-0.25, -0.2) is 0 Å². The molecule has 1 aromatic carbocycles. The zero-order valence-electron chi connectivity index (χ0n) is 12.7. The van der Waals surface area contributed by atoms with E-state index in [1.54, 1.807) is 0 Å². The number of aryl methyl sites for hydroxylation is 1. The van der Waals surface area contributed by atoms with Crippen molar-refractivity contribution in [3.63, 3.8) is 0 Å². The van der Waals surface area contributed by atoms with Gasteiger partial charge in [0.2, 0.25) is 0 Å². The number of hydrogen-bond acceptors (Lipinski definition) is 2. The van der Waals surface area contributed by atoms with Gasteiger partial charge >= 0.3 is 0 Å². The molecule has 1 N–H and O–H groups in total. The summed E-state index contributed by atoms with van der Waals surface area (Å²) in [4.78, 5) is 2.50. The van der Waals surface area contributed by atoms with E-state index in [-0.39, 0.29) is 0 Å². The summed E-state index contributed by atoms with van der Waals surface area (Å²) in [5, 5.41) is 3.62. The second kappa shape index (κ2) is 7.06. The number of nitrogens with zero attached hydrogens (tertiary/aromatic N) is 1. The van der Waals surface area contributed by atoms with E-state index in [9.17, 15) is 0 Å². The monoisotopic (exact) mass is 260 g/mol. The second-order valence-electron chi connectivity index (χ2n) is 6.04. The van der Waals surface area contributed by atoms with E-state index in [2.05, 4.69) is 55.4 Å². The molecule has 2 nitrogen and oxygen atoms in total. The minimum Gasteiger partial charge on any atom is -0.309 e. The third-order valence-electron chi connectivity index (χ3n) is 4.22. The van der Waals surface area contributed by atoms with Crippen molar-refractivity contribution in [2.45, 2.75) is 39.2 Å². The summed E-state index contributed by atoms with van der Waals surface area (Å²) in [5.74, 6) is 0.949. The van der Waals surface area contributed by atoms with Crippen LogP contribution < -0.4 is 5.32 Å². The van der Waals surface area contributed by atoms with Gasteiger partial charge in [-0.1, -0.05) is 43.2 Å². The fourth-order valence-electron chi connectivity index (χ4n) is 2.84. The maximum atomic E-state index is 3.62. The van der Waals surface area contributed by atoms with E-state index in [1.165, 1.54) is 36.9 Å². The Kier molecular flexibility index (Phi) is 5.41. The molecule has 0 saturated heterocycles. The van der Waals surface area contributed by atoms with Crippen molar-refractivity contribution in [1.29, 1.82) is 0 Å². The van der Waals surface area contributed by atoms with Crippen molar-refractivity contribution in [3.8, 4) is 0 Å². The molecule has 1 unspecified atom stereocenters. The van der Waals surface area contributed by atoms with Gasteiger partial charge < -0.3 is 10.2 Å². The van der Waals surface area contributed by atoms with Crippen LogP contribution in [0, 0.1) is 12.8 Å². The Morgan fingerprint density at radius 2 is 1.95 bits per heavy atom. The van der Waals surface area contributed by atoms with Gasteiger partial charge in [0.25, 0.3) is 0 Å². The first-order valence-electron chi connectivity index (χ1n) is 7.67. The first-order chi connectivity index (χ1) is 9.19. The highest BCUT2D eigenvalue weighted by Gasteiger charge is 2.20. The third kappa shape index (κ3) is 4.32. The van der Waals surface area contributed by atoms with E-state index >= 15 is 0 Å². The topological polar surface area (TPSA) is 15.3 Å². The van der Waals surface area contributed by atoms with Crippen LogP contribution in [0.1, 0.15) is 43.4 Å². The lowest BCUT2D eigenvalue weighted by molar-refractivity contribution is 0.192. The largest absolute Gasteiger partial charge is 0.309 e.